The Labute approximate surface area is 237 Å². The van der Waals surface area contributed by atoms with E-state index in [4.69, 9.17) is 19.5 Å². The minimum atomic E-state index is -4.07. The number of carbonyl (C=O) groups is 1. The molecule has 2 heterocycles. The number of nitrogens with zero attached hydrogens (tertiary/aromatic N) is 3. The number of hydrogen-bond donors (Lipinski definition) is 3. The number of amides is 1. The SMILES string of the molecule is CC(C)CN(C[C@H](O)[C@H](Cc1ccc(Oc2ccc(C#N)cn2)cc1)NC(=O)O)S(=O)(=O)c1ccc2c(c1)OCO2. The standard InChI is InChI=1S/C28H30N4O8S/c1-18(2)15-32(41(36,37)22-8-9-25-26(12-22)39-17-38-25)16-24(33)23(31-28(34)35)11-19-3-6-21(7-4-19)40-27-10-5-20(13-29)14-30-27/h3-10,12,14,18,23-24,31,33H,11,15-17H2,1-2H3,(H,34,35)/t23-,24-/m0/s1. The van der Waals surface area contributed by atoms with Crippen molar-refractivity contribution in [2.45, 2.75) is 37.3 Å². The molecule has 0 fully saturated rings. The average molecular weight is 583 g/mol. The van der Waals surface area contributed by atoms with E-state index < -0.39 is 28.3 Å². The van der Waals surface area contributed by atoms with Crippen LogP contribution < -0.4 is 19.5 Å². The van der Waals surface area contributed by atoms with E-state index in [1.165, 1.54) is 24.4 Å². The van der Waals surface area contributed by atoms with Crippen LogP contribution in [-0.2, 0) is 16.4 Å². The predicted octanol–water partition coefficient (Wildman–Crippen LogP) is 3.36. The molecule has 1 aliphatic heterocycles. The van der Waals surface area contributed by atoms with Crippen molar-refractivity contribution in [3.63, 3.8) is 0 Å². The van der Waals surface area contributed by atoms with Gasteiger partial charge in [0, 0.05) is 31.4 Å². The van der Waals surface area contributed by atoms with Crippen LogP contribution in [0.4, 0.5) is 4.79 Å². The van der Waals surface area contributed by atoms with Gasteiger partial charge < -0.3 is 29.7 Å². The lowest BCUT2D eigenvalue weighted by Gasteiger charge is -2.30. The number of fused-ring (bicyclic) bond motifs is 1. The Bertz CT molecular complexity index is 1510. The van der Waals surface area contributed by atoms with E-state index in [1.54, 1.807) is 36.4 Å². The summed E-state index contributed by atoms with van der Waals surface area (Å²) in [7, 11) is -4.07. The van der Waals surface area contributed by atoms with Crippen molar-refractivity contribution in [3.05, 3.63) is 71.9 Å². The predicted molar refractivity (Wildman–Crippen MR) is 146 cm³/mol. The smallest absolute Gasteiger partial charge is 0.404 e. The fourth-order valence-corrected chi connectivity index (χ4v) is 5.85. The number of rotatable bonds is 12. The van der Waals surface area contributed by atoms with E-state index in [0.29, 0.717) is 34.3 Å². The Morgan fingerprint density at radius 2 is 1.85 bits per heavy atom. The van der Waals surface area contributed by atoms with Gasteiger partial charge in [0.25, 0.3) is 0 Å². The zero-order valence-electron chi connectivity index (χ0n) is 22.4. The van der Waals surface area contributed by atoms with Crippen LogP contribution in [0.2, 0.25) is 0 Å². The quantitative estimate of drug-likeness (QED) is 0.288. The Hall–Kier alpha value is -4.38. The molecule has 0 unspecified atom stereocenters. The summed E-state index contributed by atoms with van der Waals surface area (Å²) in [6.07, 6.45) is -1.24. The number of carboxylic acid groups (broad SMARTS) is 1. The molecule has 4 rings (SSSR count). The van der Waals surface area contributed by atoms with Crippen LogP contribution in [0.3, 0.4) is 0 Å². The van der Waals surface area contributed by atoms with Gasteiger partial charge in [-0.25, -0.2) is 18.2 Å². The molecule has 0 aliphatic carbocycles. The topological polar surface area (TPSA) is 171 Å². The number of sulfonamides is 1. The Balaban J connectivity index is 1.49. The molecule has 0 bridgehead atoms. The summed E-state index contributed by atoms with van der Waals surface area (Å²) in [6.45, 7) is 3.45. The first-order valence-corrected chi connectivity index (χ1v) is 14.2. The maximum Gasteiger partial charge on any atom is 0.404 e. The van der Waals surface area contributed by atoms with Gasteiger partial charge in [0.05, 0.1) is 22.6 Å². The lowest BCUT2D eigenvalue weighted by Crippen LogP contribution is -2.50. The molecule has 0 saturated heterocycles. The third kappa shape index (κ3) is 7.63. The lowest BCUT2D eigenvalue weighted by molar-refractivity contribution is 0.0980. The van der Waals surface area contributed by atoms with Crippen LogP contribution in [0.1, 0.15) is 25.0 Å². The number of benzene rings is 2. The highest BCUT2D eigenvalue weighted by atomic mass is 32.2. The number of aliphatic hydroxyl groups excluding tert-OH is 1. The summed E-state index contributed by atoms with van der Waals surface area (Å²) in [5.74, 6) is 1.44. The zero-order valence-corrected chi connectivity index (χ0v) is 23.2. The van der Waals surface area contributed by atoms with Crippen LogP contribution in [-0.4, -0.2) is 66.0 Å². The third-order valence-corrected chi connectivity index (χ3v) is 8.01. The number of pyridine rings is 1. The molecule has 2 aromatic carbocycles. The second-order valence-electron chi connectivity index (χ2n) is 9.80. The highest BCUT2D eigenvalue weighted by Gasteiger charge is 2.32. The fourth-order valence-electron chi connectivity index (χ4n) is 4.22. The summed E-state index contributed by atoms with van der Waals surface area (Å²) in [5, 5.41) is 31.8. The van der Waals surface area contributed by atoms with Gasteiger partial charge in [0.15, 0.2) is 11.5 Å². The maximum atomic E-state index is 13.6. The van der Waals surface area contributed by atoms with Crippen molar-refractivity contribution < 1.29 is 37.6 Å². The first-order chi connectivity index (χ1) is 19.5. The van der Waals surface area contributed by atoms with E-state index in [0.717, 1.165) is 4.31 Å². The molecule has 13 heteroatoms. The van der Waals surface area contributed by atoms with Gasteiger partial charge in [-0.3, -0.25) is 0 Å². The molecule has 3 aromatic rings. The Kier molecular flexibility index (Phi) is 9.28. The number of ether oxygens (including phenoxy) is 3. The summed E-state index contributed by atoms with van der Waals surface area (Å²) in [4.78, 5) is 15.6. The second kappa shape index (κ2) is 12.9. The highest BCUT2D eigenvalue weighted by Crippen LogP contribution is 2.35. The van der Waals surface area contributed by atoms with Crippen molar-refractivity contribution in [1.29, 1.82) is 5.26 Å². The molecule has 2 atom stereocenters. The number of nitrogens with one attached hydrogen (secondary N) is 1. The van der Waals surface area contributed by atoms with Crippen molar-refractivity contribution in [2.75, 3.05) is 19.9 Å². The van der Waals surface area contributed by atoms with Gasteiger partial charge in [0.2, 0.25) is 22.7 Å². The van der Waals surface area contributed by atoms with Crippen molar-refractivity contribution in [2.24, 2.45) is 5.92 Å². The first kappa shape index (κ1) is 29.6. The van der Waals surface area contributed by atoms with Crippen molar-refractivity contribution in [1.82, 2.24) is 14.6 Å². The second-order valence-corrected chi connectivity index (χ2v) is 11.7. The average Bonchev–Trinajstić information content (AvgIpc) is 3.41. The van der Waals surface area contributed by atoms with Crippen LogP contribution in [0.5, 0.6) is 23.1 Å². The fraction of sp³-hybridized carbons (Fsp3) is 0.321. The van der Waals surface area contributed by atoms with Gasteiger partial charge in [-0.1, -0.05) is 26.0 Å². The highest BCUT2D eigenvalue weighted by molar-refractivity contribution is 7.89. The molecule has 216 valence electrons. The van der Waals surface area contributed by atoms with Crippen molar-refractivity contribution >= 4 is 16.1 Å². The number of hydrogen-bond acceptors (Lipinski definition) is 9. The molecule has 0 saturated carbocycles. The number of aliphatic hydroxyl groups is 1. The molecule has 1 aliphatic rings. The third-order valence-electron chi connectivity index (χ3n) is 6.18. The van der Waals surface area contributed by atoms with Crippen molar-refractivity contribution in [3.8, 4) is 29.2 Å². The Morgan fingerprint density at radius 1 is 1.12 bits per heavy atom. The summed E-state index contributed by atoms with van der Waals surface area (Å²) < 4.78 is 44.6. The van der Waals surface area contributed by atoms with Gasteiger partial charge in [-0.2, -0.15) is 9.57 Å². The number of aromatic nitrogens is 1. The molecule has 12 nitrogen and oxygen atoms in total. The van der Waals surface area contributed by atoms with Gasteiger partial charge in [-0.15, -0.1) is 0 Å². The molecule has 1 aromatic heterocycles. The molecular weight excluding hydrogens is 552 g/mol. The van der Waals surface area contributed by atoms with Crippen LogP contribution >= 0.6 is 0 Å². The van der Waals surface area contributed by atoms with E-state index in [2.05, 4.69) is 10.3 Å². The van der Waals surface area contributed by atoms with E-state index in [9.17, 15) is 23.4 Å². The minimum Gasteiger partial charge on any atom is -0.465 e. The molecule has 1 amide bonds. The number of nitriles is 1. The summed E-state index contributed by atoms with van der Waals surface area (Å²) >= 11 is 0. The van der Waals surface area contributed by atoms with Crippen LogP contribution in [0, 0.1) is 17.2 Å². The molecular formula is C28H30N4O8S. The minimum absolute atomic E-state index is 0.00474. The zero-order chi connectivity index (χ0) is 29.6. The summed E-state index contributed by atoms with van der Waals surface area (Å²) in [5.41, 5.74) is 1.08. The van der Waals surface area contributed by atoms with E-state index in [-0.39, 0.29) is 37.1 Å². The Morgan fingerprint density at radius 3 is 2.49 bits per heavy atom. The van der Waals surface area contributed by atoms with E-state index >= 15 is 0 Å². The largest absolute Gasteiger partial charge is 0.465 e. The van der Waals surface area contributed by atoms with Crippen LogP contribution in [0.25, 0.3) is 0 Å². The molecule has 3 N–H and O–H groups in total. The monoisotopic (exact) mass is 582 g/mol. The maximum absolute atomic E-state index is 13.6. The van der Waals surface area contributed by atoms with Gasteiger partial charge in [-0.05, 0) is 48.2 Å². The molecule has 0 spiro atoms. The molecule has 0 radical (unpaired) electrons. The normalized spacial score (nSPS) is 14.0. The first-order valence-electron chi connectivity index (χ1n) is 12.8. The lowest BCUT2D eigenvalue weighted by atomic mass is 10.0. The van der Waals surface area contributed by atoms with Gasteiger partial charge >= 0.3 is 6.09 Å². The summed E-state index contributed by atoms with van der Waals surface area (Å²) in [6, 6.07) is 15.1. The van der Waals surface area contributed by atoms with E-state index in [1.807, 2.05) is 19.9 Å². The van der Waals surface area contributed by atoms with Gasteiger partial charge in [0.1, 0.15) is 11.8 Å². The molecule has 41 heavy (non-hydrogen) atoms. The van der Waals surface area contributed by atoms with Crippen LogP contribution in [0.15, 0.2) is 65.7 Å².